The number of amides is 2. The number of anilines is 3. The predicted molar refractivity (Wildman–Crippen MR) is 119 cm³/mol. The van der Waals surface area contributed by atoms with Crippen molar-refractivity contribution in [2.75, 3.05) is 16.0 Å². The number of nitrogen functional groups attached to an aromatic ring is 1. The van der Waals surface area contributed by atoms with Crippen LogP contribution in [0.3, 0.4) is 0 Å². The lowest BCUT2D eigenvalue weighted by Gasteiger charge is -2.34. The van der Waals surface area contributed by atoms with Crippen molar-refractivity contribution in [1.29, 1.82) is 5.26 Å². The number of nitrogens with zero attached hydrogens (tertiary/aromatic N) is 5. The Bertz CT molecular complexity index is 1100. The number of nitriles is 1. The molecule has 1 saturated carbocycles. The topological polar surface area (TPSA) is 121 Å². The van der Waals surface area contributed by atoms with Gasteiger partial charge in [0.05, 0.1) is 23.0 Å². The number of rotatable bonds is 4. The van der Waals surface area contributed by atoms with E-state index >= 15 is 0 Å². The van der Waals surface area contributed by atoms with Crippen molar-refractivity contribution in [3.05, 3.63) is 60.3 Å². The molecule has 4 rings (SSSR count). The van der Waals surface area contributed by atoms with Crippen LogP contribution in [0.2, 0.25) is 0 Å². The van der Waals surface area contributed by atoms with Crippen molar-refractivity contribution < 1.29 is 4.79 Å². The van der Waals surface area contributed by atoms with Crippen LogP contribution in [0.15, 0.2) is 54.7 Å². The summed E-state index contributed by atoms with van der Waals surface area (Å²) in [5, 5.41) is 19.8. The Morgan fingerprint density at radius 3 is 2.71 bits per heavy atom. The molecule has 1 aliphatic rings. The zero-order valence-electron chi connectivity index (χ0n) is 17.0. The minimum Gasteiger partial charge on any atom is -0.396 e. The number of aromatic nitrogens is 3. The van der Waals surface area contributed by atoms with E-state index in [-0.39, 0.29) is 12.1 Å². The van der Waals surface area contributed by atoms with E-state index in [0.717, 1.165) is 37.7 Å². The maximum Gasteiger partial charge on any atom is 0.329 e. The lowest BCUT2D eigenvalue weighted by Crippen LogP contribution is -2.45. The second kappa shape index (κ2) is 9.22. The van der Waals surface area contributed by atoms with Crippen LogP contribution in [-0.2, 0) is 0 Å². The van der Waals surface area contributed by atoms with Crippen LogP contribution in [-0.4, -0.2) is 27.3 Å². The molecule has 0 saturated heterocycles. The van der Waals surface area contributed by atoms with Crippen LogP contribution in [0.25, 0.3) is 11.3 Å². The Labute approximate surface area is 180 Å². The third kappa shape index (κ3) is 4.61. The second-order valence-electron chi connectivity index (χ2n) is 7.50. The van der Waals surface area contributed by atoms with E-state index < -0.39 is 0 Å². The van der Waals surface area contributed by atoms with Gasteiger partial charge in [-0.3, -0.25) is 10.2 Å². The summed E-state index contributed by atoms with van der Waals surface area (Å²) in [6, 6.07) is 15.9. The number of hydrogen-bond acceptors (Lipinski definition) is 6. The van der Waals surface area contributed by atoms with Gasteiger partial charge in [-0.05, 0) is 49.2 Å². The van der Waals surface area contributed by atoms with Gasteiger partial charge in [-0.2, -0.15) is 10.4 Å². The maximum absolute atomic E-state index is 13.3. The Kier molecular flexibility index (Phi) is 6.03. The third-order valence-corrected chi connectivity index (χ3v) is 5.39. The lowest BCUT2D eigenvalue weighted by atomic mass is 9.94. The first kappa shape index (κ1) is 20.3. The number of urea groups is 1. The van der Waals surface area contributed by atoms with Crippen LogP contribution < -0.4 is 16.0 Å². The highest BCUT2D eigenvalue weighted by atomic mass is 16.2. The highest BCUT2D eigenvalue weighted by molar-refractivity contribution is 6.03. The van der Waals surface area contributed by atoms with E-state index in [2.05, 4.69) is 21.6 Å². The number of hydrogen-bond donors (Lipinski definition) is 2. The Morgan fingerprint density at radius 2 is 1.97 bits per heavy atom. The van der Waals surface area contributed by atoms with Gasteiger partial charge in [-0.1, -0.05) is 31.4 Å². The molecule has 1 aliphatic carbocycles. The van der Waals surface area contributed by atoms with E-state index in [0.29, 0.717) is 28.6 Å². The van der Waals surface area contributed by atoms with E-state index in [1.165, 1.54) is 0 Å². The van der Waals surface area contributed by atoms with E-state index in [1.54, 1.807) is 47.5 Å². The molecule has 156 valence electrons. The van der Waals surface area contributed by atoms with Crippen molar-refractivity contribution >= 4 is 23.4 Å². The molecular weight excluding hydrogens is 390 g/mol. The highest BCUT2D eigenvalue weighted by Gasteiger charge is 2.30. The summed E-state index contributed by atoms with van der Waals surface area (Å²) in [4.78, 5) is 19.7. The molecule has 1 aromatic carbocycles. The van der Waals surface area contributed by atoms with Crippen LogP contribution in [0.4, 0.5) is 22.1 Å². The first-order valence-corrected chi connectivity index (χ1v) is 10.3. The molecule has 8 heteroatoms. The summed E-state index contributed by atoms with van der Waals surface area (Å²) in [7, 11) is 0. The van der Waals surface area contributed by atoms with Gasteiger partial charge in [0.1, 0.15) is 0 Å². The van der Waals surface area contributed by atoms with Gasteiger partial charge in [0.25, 0.3) is 0 Å². The van der Waals surface area contributed by atoms with Gasteiger partial charge in [0.2, 0.25) is 0 Å². The van der Waals surface area contributed by atoms with Gasteiger partial charge in [-0.15, -0.1) is 5.10 Å². The molecule has 3 N–H and O–H groups in total. The van der Waals surface area contributed by atoms with E-state index in [4.69, 9.17) is 10.7 Å². The number of benzene rings is 1. The molecule has 0 radical (unpaired) electrons. The van der Waals surface area contributed by atoms with Gasteiger partial charge in [-0.25, -0.2) is 9.78 Å². The van der Waals surface area contributed by atoms with Crippen molar-refractivity contribution in [2.24, 2.45) is 0 Å². The van der Waals surface area contributed by atoms with E-state index in [1.807, 2.05) is 12.1 Å². The molecule has 0 aliphatic heterocycles. The molecule has 1 fully saturated rings. The Hall–Kier alpha value is -3.99. The first-order valence-electron chi connectivity index (χ1n) is 10.3. The first-order chi connectivity index (χ1) is 15.2. The fourth-order valence-corrected chi connectivity index (χ4v) is 3.87. The zero-order chi connectivity index (χ0) is 21.6. The summed E-state index contributed by atoms with van der Waals surface area (Å²) in [5.41, 5.74) is 8.70. The molecule has 0 bridgehead atoms. The molecule has 3 aromatic rings. The largest absolute Gasteiger partial charge is 0.396 e. The number of carbonyl (C=O) groups is 1. The van der Waals surface area contributed by atoms with Crippen LogP contribution in [0.1, 0.15) is 37.7 Å². The number of pyridine rings is 1. The minimum atomic E-state index is -0.338. The summed E-state index contributed by atoms with van der Waals surface area (Å²) in [6.45, 7) is 0. The van der Waals surface area contributed by atoms with E-state index in [9.17, 15) is 10.1 Å². The molecule has 2 heterocycles. The van der Waals surface area contributed by atoms with Crippen molar-refractivity contribution in [3.8, 4) is 17.3 Å². The predicted octanol–water partition coefficient (Wildman–Crippen LogP) is 4.36. The van der Waals surface area contributed by atoms with Gasteiger partial charge >= 0.3 is 6.03 Å². The summed E-state index contributed by atoms with van der Waals surface area (Å²) in [6.07, 6.45) is 6.55. The molecule has 31 heavy (non-hydrogen) atoms. The van der Waals surface area contributed by atoms with Gasteiger partial charge in [0.15, 0.2) is 11.6 Å². The molecule has 8 nitrogen and oxygen atoms in total. The zero-order valence-corrected chi connectivity index (χ0v) is 17.0. The third-order valence-electron chi connectivity index (χ3n) is 5.39. The van der Waals surface area contributed by atoms with Gasteiger partial charge < -0.3 is 5.73 Å². The monoisotopic (exact) mass is 413 g/mol. The van der Waals surface area contributed by atoms with Crippen LogP contribution >= 0.6 is 0 Å². The Morgan fingerprint density at radius 1 is 1.13 bits per heavy atom. The lowest BCUT2D eigenvalue weighted by molar-refractivity contribution is 0.252. The Balaban J connectivity index is 1.73. The van der Waals surface area contributed by atoms with Gasteiger partial charge in [0, 0.05) is 17.8 Å². The average Bonchev–Trinajstić information content (AvgIpc) is 2.82. The van der Waals surface area contributed by atoms with Crippen molar-refractivity contribution in [3.63, 3.8) is 0 Å². The molecule has 2 amide bonds. The molecule has 0 spiro atoms. The number of nitrogens with one attached hydrogen (secondary N) is 1. The fourth-order valence-electron chi connectivity index (χ4n) is 3.87. The molecular formula is C23H23N7O. The standard InChI is InChI=1S/C23H23N7O/c24-15-16-6-4-7-17(14-16)20-12-11-19(25)22(27-20)30(18-8-2-1-3-9-18)23(31)28-21-10-5-13-26-29-21/h4-7,10-14,18H,1-3,8-9,25H2,(H,28,29,31). The minimum absolute atomic E-state index is 0.0130. The SMILES string of the molecule is N#Cc1cccc(-c2ccc(N)c(N(C(=O)Nc3cccnn3)C3CCCCC3)n2)c1. The highest BCUT2D eigenvalue weighted by Crippen LogP contribution is 2.32. The quantitative estimate of drug-likeness (QED) is 0.655. The summed E-state index contributed by atoms with van der Waals surface area (Å²) >= 11 is 0. The average molecular weight is 413 g/mol. The maximum atomic E-state index is 13.3. The normalized spacial score (nSPS) is 13.9. The van der Waals surface area contributed by atoms with Crippen LogP contribution in [0.5, 0.6) is 0 Å². The summed E-state index contributed by atoms with van der Waals surface area (Å²) < 4.78 is 0. The smallest absolute Gasteiger partial charge is 0.329 e. The molecule has 0 atom stereocenters. The molecule has 2 aromatic heterocycles. The summed E-state index contributed by atoms with van der Waals surface area (Å²) in [5.74, 6) is 0.776. The second-order valence-corrected chi connectivity index (χ2v) is 7.50. The van der Waals surface area contributed by atoms with Crippen LogP contribution in [0, 0.1) is 11.3 Å². The van der Waals surface area contributed by atoms with Crippen molar-refractivity contribution in [2.45, 2.75) is 38.1 Å². The number of carbonyl (C=O) groups excluding carboxylic acids is 1. The molecule has 0 unspecified atom stereocenters. The fraction of sp³-hybridized carbons (Fsp3) is 0.261. The van der Waals surface area contributed by atoms with Crippen molar-refractivity contribution in [1.82, 2.24) is 15.2 Å². The number of nitrogens with two attached hydrogens (primary N) is 1.